The number of hydrogen-bond acceptors (Lipinski definition) is 6. The Morgan fingerprint density at radius 1 is 1.18 bits per heavy atom. The van der Waals surface area contributed by atoms with Crippen LogP contribution in [0.3, 0.4) is 0 Å². The summed E-state index contributed by atoms with van der Waals surface area (Å²) in [6, 6.07) is 13.8. The van der Waals surface area contributed by atoms with E-state index in [2.05, 4.69) is 23.1 Å². The lowest BCUT2D eigenvalue weighted by Crippen LogP contribution is -2.52. The third-order valence-electron chi connectivity index (χ3n) is 5.58. The first-order chi connectivity index (χ1) is 13.4. The molecule has 0 saturated heterocycles. The second-order valence-corrected chi connectivity index (χ2v) is 7.75. The molecule has 6 nitrogen and oxygen atoms in total. The van der Waals surface area contributed by atoms with Crippen LogP contribution in [0.1, 0.15) is 25.3 Å². The van der Waals surface area contributed by atoms with E-state index in [9.17, 15) is 15.8 Å². The predicted octanol–water partition coefficient (Wildman–Crippen LogP) is 3.25. The Hall–Kier alpha value is -3.14. The third kappa shape index (κ3) is 3.05. The van der Waals surface area contributed by atoms with Gasteiger partial charge in [0.05, 0.1) is 30.0 Å². The van der Waals surface area contributed by atoms with Crippen LogP contribution in [0.2, 0.25) is 0 Å². The molecular formula is C22H23N5O. The summed E-state index contributed by atoms with van der Waals surface area (Å²) >= 11 is 0. The van der Waals surface area contributed by atoms with Crippen molar-refractivity contribution in [1.82, 2.24) is 4.90 Å². The second-order valence-electron chi connectivity index (χ2n) is 7.75. The van der Waals surface area contributed by atoms with Gasteiger partial charge in [-0.15, -0.1) is 0 Å². The molecule has 3 rings (SSSR count). The average Bonchev–Trinajstić information content (AvgIpc) is 2.68. The number of nitrogens with one attached hydrogen (secondary N) is 1. The Balaban J connectivity index is 2.15. The van der Waals surface area contributed by atoms with Crippen LogP contribution in [0.5, 0.6) is 5.75 Å². The minimum absolute atomic E-state index is 0.0453. The highest BCUT2D eigenvalue weighted by Crippen LogP contribution is 2.53. The van der Waals surface area contributed by atoms with Crippen molar-refractivity contribution >= 4 is 5.71 Å². The zero-order valence-electron chi connectivity index (χ0n) is 16.3. The topological polar surface area (TPSA) is 108 Å². The minimum Gasteiger partial charge on any atom is -0.491 e. The zero-order valence-corrected chi connectivity index (χ0v) is 16.3. The SMILES string of the molecule is CC(C)Oc1ccc([C@@H]2[C@@H]3CN(C)CC=C3[C@H](C#N)C(=N)C2(C#N)C#N)cc1. The van der Waals surface area contributed by atoms with Crippen molar-refractivity contribution in [3.63, 3.8) is 0 Å². The molecule has 0 radical (unpaired) electrons. The van der Waals surface area contributed by atoms with Crippen LogP contribution >= 0.6 is 0 Å². The van der Waals surface area contributed by atoms with Crippen LogP contribution in [0, 0.1) is 56.7 Å². The van der Waals surface area contributed by atoms with E-state index < -0.39 is 17.3 Å². The molecule has 1 saturated carbocycles. The molecule has 0 amide bonds. The van der Waals surface area contributed by atoms with Crippen LogP contribution < -0.4 is 4.74 Å². The molecule has 0 bridgehead atoms. The quantitative estimate of drug-likeness (QED) is 0.818. The van der Waals surface area contributed by atoms with Gasteiger partial charge in [0.15, 0.2) is 5.41 Å². The van der Waals surface area contributed by atoms with Gasteiger partial charge >= 0.3 is 0 Å². The van der Waals surface area contributed by atoms with Crippen molar-refractivity contribution in [2.24, 2.45) is 17.3 Å². The van der Waals surface area contributed by atoms with E-state index in [1.165, 1.54) is 0 Å². The Kier molecular flexibility index (Phi) is 5.23. The van der Waals surface area contributed by atoms with Crippen molar-refractivity contribution < 1.29 is 4.74 Å². The van der Waals surface area contributed by atoms with E-state index in [1.807, 2.05) is 51.2 Å². The van der Waals surface area contributed by atoms with Gasteiger partial charge in [0.25, 0.3) is 0 Å². The monoisotopic (exact) mass is 373 g/mol. The lowest BCUT2D eigenvalue weighted by atomic mass is 9.54. The van der Waals surface area contributed by atoms with Crippen LogP contribution in [0.15, 0.2) is 35.9 Å². The van der Waals surface area contributed by atoms with E-state index in [0.29, 0.717) is 13.1 Å². The second kappa shape index (κ2) is 7.47. The van der Waals surface area contributed by atoms with Gasteiger partial charge in [-0.25, -0.2) is 0 Å². The van der Waals surface area contributed by atoms with Gasteiger partial charge in [-0.05, 0) is 44.2 Å². The Morgan fingerprint density at radius 3 is 2.36 bits per heavy atom. The average molecular weight is 373 g/mol. The van der Waals surface area contributed by atoms with Gasteiger partial charge in [0, 0.05) is 24.9 Å². The summed E-state index contributed by atoms with van der Waals surface area (Å²) in [5, 5.41) is 38.3. The lowest BCUT2D eigenvalue weighted by molar-refractivity contribution is 0.233. The summed E-state index contributed by atoms with van der Waals surface area (Å²) in [5.41, 5.74) is -0.105. The van der Waals surface area contributed by atoms with Crippen LogP contribution in [-0.2, 0) is 0 Å². The van der Waals surface area contributed by atoms with Gasteiger partial charge in [-0.2, -0.15) is 15.8 Å². The molecule has 0 aromatic heterocycles. The smallest absolute Gasteiger partial charge is 0.189 e. The first kappa shape index (κ1) is 19.6. The first-order valence-corrected chi connectivity index (χ1v) is 9.34. The molecule has 1 aliphatic heterocycles. The summed E-state index contributed by atoms with van der Waals surface area (Å²) in [7, 11) is 1.98. The minimum atomic E-state index is -1.67. The van der Waals surface area contributed by atoms with Crippen molar-refractivity contribution in [2.75, 3.05) is 20.1 Å². The molecule has 1 fully saturated rings. The van der Waals surface area contributed by atoms with E-state index in [-0.39, 0.29) is 17.7 Å². The highest BCUT2D eigenvalue weighted by molar-refractivity contribution is 6.00. The Morgan fingerprint density at radius 2 is 1.82 bits per heavy atom. The number of hydrogen-bond donors (Lipinski definition) is 1. The van der Waals surface area contributed by atoms with E-state index in [4.69, 9.17) is 10.1 Å². The maximum absolute atomic E-state index is 10.0. The number of ether oxygens (including phenoxy) is 1. The number of likely N-dealkylation sites (N-methyl/N-ethyl adjacent to an activating group) is 1. The molecular weight excluding hydrogens is 350 g/mol. The number of rotatable bonds is 3. The number of nitrogens with zero attached hydrogens (tertiary/aromatic N) is 4. The Labute approximate surface area is 165 Å². The molecule has 3 atom stereocenters. The molecule has 0 unspecified atom stereocenters. The molecule has 6 heteroatoms. The highest BCUT2D eigenvalue weighted by Gasteiger charge is 2.57. The van der Waals surface area contributed by atoms with Gasteiger partial charge in [-0.1, -0.05) is 18.2 Å². The van der Waals surface area contributed by atoms with Crippen LogP contribution in [0.25, 0.3) is 0 Å². The summed E-state index contributed by atoms with van der Waals surface area (Å²) in [6.45, 7) is 5.22. The van der Waals surface area contributed by atoms with Crippen molar-refractivity contribution in [1.29, 1.82) is 21.2 Å². The Bertz CT molecular complexity index is 912. The molecule has 1 heterocycles. The molecule has 1 aromatic carbocycles. The van der Waals surface area contributed by atoms with Gasteiger partial charge < -0.3 is 15.0 Å². The maximum atomic E-state index is 10.0. The number of fused-ring (bicyclic) bond motifs is 1. The van der Waals surface area contributed by atoms with Gasteiger partial charge in [0.2, 0.25) is 0 Å². The fourth-order valence-electron chi connectivity index (χ4n) is 4.35. The standard InChI is InChI=1S/C22H23N5O/c1-14(2)28-16-6-4-15(5-7-16)20-19-11-27(3)9-8-17(19)18(10-23)21(26)22(20,12-24)13-25/h4-8,14,18-20,26H,9,11H2,1-3H3/t18-,19+,20+/m0/s1. The predicted molar refractivity (Wildman–Crippen MR) is 105 cm³/mol. The molecule has 1 aliphatic carbocycles. The highest BCUT2D eigenvalue weighted by atomic mass is 16.5. The zero-order chi connectivity index (χ0) is 20.5. The molecule has 1 N–H and O–H groups in total. The third-order valence-corrected chi connectivity index (χ3v) is 5.58. The lowest BCUT2D eigenvalue weighted by Gasteiger charge is -2.47. The summed E-state index contributed by atoms with van der Waals surface area (Å²) in [5.74, 6) is -0.788. The first-order valence-electron chi connectivity index (χ1n) is 9.34. The summed E-state index contributed by atoms with van der Waals surface area (Å²) in [4.78, 5) is 2.11. The van der Waals surface area contributed by atoms with Crippen molar-refractivity contribution in [3.05, 3.63) is 41.5 Å². The maximum Gasteiger partial charge on any atom is 0.189 e. The van der Waals surface area contributed by atoms with Gasteiger partial charge in [-0.3, -0.25) is 0 Å². The molecule has 1 aromatic rings. The molecule has 0 spiro atoms. The molecule has 28 heavy (non-hydrogen) atoms. The fraction of sp³-hybridized carbons (Fsp3) is 0.455. The normalized spacial score (nSPS) is 26.4. The number of benzene rings is 1. The fourth-order valence-corrected chi connectivity index (χ4v) is 4.35. The summed E-state index contributed by atoms with van der Waals surface area (Å²) < 4.78 is 5.71. The van der Waals surface area contributed by atoms with E-state index in [0.717, 1.165) is 16.9 Å². The number of nitriles is 3. The largest absolute Gasteiger partial charge is 0.491 e. The summed E-state index contributed by atoms with van der Waals surface area (Å²) in [6.07, 6.45) is 2.03. The van der Waals surface area contributed by atoms with Crippen molar-refractivity contribution in [3.8, 4) is 24.0 Å². The van der Waals surface area contributed by atoms with Crippen LogP contribution in [0.4, 0.5) is 0 Å². The van der Waals surface area contributed by atoms with Crippen LogP contribution in [-0.4, -0.2) is 36.9 Å². The van der Waals surface area contributed by atoms with Crippen molar-refractivity contribution in [2.45, 2.75) is 25.9 Å². The molecule has 2 aliphatic rings. The van der Waals surface area contributed by atoms with E-state index >= 15 is 0 Å². The molecule has 142 valence electrons. The van der Waals surface area contributed by atoms with Gasteiger partial charge in [0.1, 0.15) is 11.7 Å². The van der Waals surface area contributed by atoms with E-state index in [1.54, 1.807) is 0 Å².